The van der Waals surface area contributed by atoms with Crippen LogP contribution in [0.1, 0.15) is 26.2 Å². The van der Waals surface area contributed by atoms with Gasteiger partial charge in [0.1, 0.15) is 0 Å². The van der Waals surface area contributed by atoms with Gasteiger partial charge in [0.25, 0.3) is 0 Å². The van der Waals surface area contributed by atoms with Crippen molar-refractivity contribution in [2.45, 2.75) is 32.2 Å². The number of rotatable bonds is 2. The van der Waals surface area contributed by atoms with Gasteiger partial charge in [0.2, 0.25) is 0 Å². The number of allylic oxidation sites excluding steroid dienone is 1. The summed E-state index contributed by atoms with van der Waals surface area (Å²) in [6.45, 7) is 4.03. The van der Waals surface area contributed by atoms with Crippen LogP contribution in [0.2, 0.25) is 0 Å². The first-order valence-electron chi connectivity index (χ1n) is 6.26. The van der Waals surface area contributed by atoms with Crippen LogP contribution in [0.25, 0.3) is 0 Å². The highest BCUT2D eigenvalue weighted by Crippen LogP contribution is 2.23. The van der Waals surface area contributed by atoms with Crippen LogP contribution >= 0.6 is 0 Å². The Bertz CT molecular complexity index is 356. The minimum Gasteiger partial charge on any atom is -0.317 e. The molecule has 2 saturated heterocycles. The second-order valence-electron chi connectivity index (χ2n) is 4.35. The van der Waals surface area contributed by atoms with Crippen LogP contribution in [-0.2, 0) is 0 Å². The number of hydrogen-bond donors (Lipinski definition) is 2. The molecule has 2 heterocycles. The quantitative estimate of drug-likeness (QED) is 0.754. The highest BCUT2D eigenvalue weighted by atomic mass is 16.2. The fraction of sp³-hybridized carbons (Fsp3) is 0.667. The van der Waals surface area contributed by atoms with Gasteiger partial charge >= 0.3 is 6.03 Å². The second-order valence-corrected chi connectivity index (χ2v) is 4.35. The predicted octanol–water partition coefficient (Wildman–Crippen LogP) is 1.09. The maximum absolute atomic E-state index is 12.0. The number of urea groups is 1. The first-order chi connectivity index (χ1) is 8.27. The Morgan fingerprint density at radius 2 is 2.18 bits per heavy atom. The third-order valence-corrected chi connectivity index (χ3v) is 3.24. The highest BCUT2D eigenvalue weighted by Gasteiger charge is 2.36. The smallest absolute Gasteiger partial charge is 0.317 e. The molecule has 2 fully saturated rings. The van der Waals surface area contributed by atoms with Crippen molar-refractivity contribution in [3.8, 4) is 0 Å². The number of nitrogens with zero attached hydrogens (tertiary/aromatic N) is 2. The molecule has 0 saturated carbocycles. The molecule has 2 aliphatic rings. The summed E-state index contributed by atoms with van der Waals surface area (Å²) in [7, 11) is 1.71. The van der Waals surface area contributed by atoms with Crippen molar-refractivity contribution < 1.29 is 4.79 Å². The van der Waals surface area contributed by atoms with Gasteiger partial charge in [0.15, 0.2) is 5.84 Å². The Morgan fingerprint density at radius 3 is 2.76 bits per heavy atom. The minimum absolute atomic E-state index is 0.0304. The Hall–Kier alpha value is -1.36. The molecule has 0 aromatic heterocycles. The van der Waals surface area contributed by atoms with Crippen LogP contribution in [0.4, 0.5) is 4.79 Å². The lowest BCUT2D eigenvalue weighted by Gasteiger charge is -2.31. The molecule has 0 atom stereocenters. The molecule has 2 rings (SSSR count). The van der Waals surface area contributed by atoms with Crippen LogP contribution in [0.3, 0.4) is 0 Å². The van der Waals surface area contributed by atoms with Crippen LogP contribution in [0.5, 0.6) is 0 Å². The first kappa shape index (κ1) is 12.1. The normalized spacial score (nSPS) is 26.9. The fourth-order valence-electron chi connectivity index (χ4n) is 2.44. The molecule has 17 heavy (non-hydrogen) atoms. The largest absolute Gasteiger partial charge is 0.327 e. The molecule has 0 unspecified atom stereocenters. The van der Waals surface area contributed by atoms with Gasteiger partial charge in [-0.25, -0.2) is 4.79 Å². The van der Waals surface area contributed by atoms with E-state index >= 15 is 0 Å². The Labute approximate surface area is 102 Å². The van der Waals surface area contributed by atoms with Gasteiger partial charge in [-0.1, -0.05) is 13.0 Å². The zero-order valence-electron chi connectivity index (χ0n) is 10.5. The standard InChI is InChI=1S/C12H20N4O/c1-3-4-10-11(13-2)15-12(17)16(10)9-5-7-14-8-6-9/h4,9,14H,3,5-8H2,1-2H3,(H,13,15,17)/b10-4+. The first-order valence-corrected chi connectivity index (χ1v) is 6.26. The van der Waals surface area contributed by atoms with Crippen LogP contribution in [0, 0.1) is 0 Å². The van der Waals surface area contributed by atoms with E-state index in [-0.39, 0.29) is 6.03 Å². The molecule has 0 bridgehead atoms. The number of nitrogens with one attached hydrogen (secondary N) is 2. The lowest BCUT2D eigenvalue weighted by molar-refractivity contribution is 0.195. The number of hydrogen-bond acceptors (Lipinski definition) is 3. The molecule has 0 aromatic rings. The summed E-state index contributed by atoms with van der Waals surface area (Å²) in [6, 6.07) is 0.269. The highest BCUT2D eigenvalue weighted by molar-refractivity contribution is 6.14. The van der Waals surface area contributed by atoms with E-state index in [0.717, 1.165) is 38.0 Å². The zero-order valence-corrected chi connectivity index (χ0v) is 10.5. The molecule has 94 valence electrons. The number of amidine groups is 1. The summed E-state index contributed by atoms with van der Waals surface area (Å²) < 4.78 is 0. The maximum Gasteiger partial charge on any atom is 0.327 e. The predicted molar refractivity (Wildman–Crippen MR) is 68.0 cm³/mol. The topological polar surface area (TPSA) is 56.7 Å². The van der Waals surface area contributed by atoms with E-state index in [1.54, 1.807) is 7.05 Å². The van der Waals surface area contributed by atoms with Crippen molar-refractivity contribution in [1.82, 2.24) is 15.5 Å². The van der Waals surface area contributed by atoms with Gasteiger partial charge in [-0.05, 0) is 32.4 Å². The van der Waals surface area contributed by atoms with Gasteiger partial charge < -0.3 is 5.32 Å². The number of piperidine rings is 1. The van der Waals surface area contributed by atoms with E-state index in [1.807, 2.05) is 4.90 Å². The molecule has 5 heteroatoms. The van der Waals surface area contributed by atoms with Crippen molar-refractivity contribution >= 4 is 11.9 Å². The van der Waals surface area contributed by atoms with E-state index in [4.69, 9.17) is 0 Å². The summed E-state index contributed by atoms with van der Waals surface area (Å²) in [5, 5.41) is 6.15. The van der Waals surface area contributed by atoms with Crippen LogP contribution < -0.4 is 10.6 Å². The summed E-state index contributed by atoms with van der Waals surface area (Å²) in [4.78, 5) is 18.0. The maximum atomic E-state index is 12.0. The number of amides is 2. The van der Waals surface area contributed by atoms with Crippen LogP contribution in [-0.4, -0.2) is 42.9 Å². The molecule has 0 aromatic carbocycles. The van der Waals surface area contributed by atoms with Crippen LogP contribution in [0.15, 0.2) is 16.8 Å². The molecular formula is C12H20N4O. The lowest BCUT2D eigenvalue weighted by atomic mass is 10.0. The SMILES string of the molecule is CC/C=C1\C(=NC)NC(=O)N1C1CCNCC1. The number of carbonyl (C=O) groups is 1. The molecule has 0 radical (unpaired) electrons. The molecule has 2 N–H and O–H groups in total. The third kappa shape index (κ3) is 2.34. The third-order valence-electron chi connectivity index (χ3n) is 3.24. The van der Waals surface area contributed by atoms with E-state index in [2.05, 4.69) is 28.6 Å². The number of carbonyl (C=O) groups excluding carboxylic acids is 1. The van der Waals surface area contributed by atoms with Gasteiger partial charge in [0.05, 0.1) is 5.70 Å². The molecule has 2 amide bonds. The monoisotopic (exact) mass is 236 g/mol. The van der Waals surface area contributed by atoms with Crippen molar-refractivity contribution in [2.24, 2.45) is 4.99 Å². The fourth-order valence-corrected chi connectivity index (χ4v) is 2.44. The Balaban J connectivity index is 2.23. The Morgan fingerprint density at radius 1 is 1.47 bits per heavy atom. The van der Waals surface area contributed by atoms with Gasteiger partial charge in [-0.15, -0.1) is 0 Å². The average Bonchev–Trinajstić information content (AvgIpc) is 2.67. The summed E-state index contributed by atoms with van der Waals surface area (Å²) in [5.41, 5.74) is 0.951. The van der Waals surface area contributed by atoms with Gasteiger partial charge in [-0.3, -0.25) is 15.2 Å². The van der Waals surface area contributed by atoms with Crippen molar-refractivity contribution in [2.75, 3.05) is 20.1 Å². The van der Waals surface area contributed by atoms with Crippen molar-refractivity contribution in [1.29, 1.82) is 0 Å². The molecule has 5 nitrogen and oxygen atoms in total. The average molecular weight is 236 g/mol. The van der Waals surface area contributed by atoms with Gasteiger partial charge in [-0.2, -0.15) is 0 Å². The van der Waals surface area contributed by atoms with E-state index in [9.17, 15) is 4.79 Å². The summed E-state index contributed by atoms with van der Waals surface area (Å²) >= 11 is 0. The molecule has 2 aliphatic heterocycles. The van der Waals surface area contributed by atoms with E-state index in [0.29, 0.717) is 11.9 Å². The molecule has 0 spiro atoms. The van der Waals surface area contributed by atoms with E-state index in [1.165, 1.54) is 0 Å². The van der Waals surface area contributed by atoms with Crippen molar-refractivity contribution in [3.05, 3.63) is 11.8 Å². The van der Waals surface area contributed by atoms with Gasteiger partial charge in [0, 0.05) is 13.1 Å². The minimum atomic E-state index is -0.0304. The van der Waals surface area contributed by atoms with E-state index < -0.39 is 0 Å². The molecular weight excluding hydrogens is 216 g/mol. The Kier molecular flexibility index (Phi) is 3.78. The second kappa shape index (κ2) is 5.31. The zero-order chi connectivity index (χ0) is 12.3. The lowest BCUT2D eigenvalue weighted by Crippen LogP contribution is -2.43. The van der Waals surface area contributed by atoms with Crippen molar-refractivity contribution in [3.63, 3.8) is 0 Å². The summed E-state index contributed by atoms with van der Waals surface area (Å²) in [5.74, 6) is 0.704. The molecule has 0 aliphatic carbocycles. The number of aliphatic imine (C=N–C) groups is 1. The summed E-state index contributed by atoms with van der Waals surface area (Å²) in [6.07, 6.45) is 4.99.